The number of ether oxygens (including phenoxy) is 1. The van der Waals surface area contributed by atoms with Gasteiger partial charge in [-0.1, -0.05) is 18.2 Å². The molecular weight excluding hydrogens is 362 g/mol. The number of benzene rings is 1. The molecule has 0 atom stereocenters. The Balaban J connectivity index is 1.81. The Kier molecular flexibility index (Phi) is 9.07. The third-order valence-corrected chi connectivity index (χ3v) is 6.66. The van der Waals surface area contributed by atoms with Crippen molar-refractivity contribution in [3.05, 3.63) is 30.3 Å². The van der Waals surface area contributed by atoms with Gasteiger partial charge in [0.15, 0.2) is 15.8 Å². The van der Waals surface area contributed by atoms with Gasteiger partial charge >= 0.3 is 0 Å². The highest BCUT2D eigenvalue weighted by molar-refractivity contribution is 7.91. The first kappa shape index (κ1) is 21.7. The number of nitrogens with one attached hydrogen (secondary N) is 1. The van der Waals surface area contributed by atoms with Crippen molar-refractivity contribution in [3.63, 3.8) is 0 Å². The second-order valence-corrected chi connectivity index (χ2v) is 9.10. The molecule has 1 heterocycles. The van der Waals surface area contributed by atoms with Crippen molar-refractivity contribution in [3.8, 4) is 0 Å². The lowest BCUT2D eigenvalue weighted by molar-refractivity contribution is 0.0625. The first-order valence-electron chi connectivity index (χ1n) is 9.88. The molecule has 1 aliphatic heterocycles. The van der Waals surface area contributed by atoms with E-state index >= 15 is 0 Å². The third-order valence-electron chi connectivity index (χ3n) is 4.85. The lowest BCUT2D eigenvalue weighted by atomic mass is 9.96. The van der Waals surface area contributed by atoms with Crippen molar-refractivity contribution >= 4 is 15.8 Å². The van der Waals surface area contributed by atoms with Crippen LogP contribution in [0.15, 0.2) is 40.2 Å². The fourth-order valence-electron chi connectivity index (χ4n) is 3.17. The molecule has 1 aliphatic rings. The molecule has 1 aromatic rings. The van der Waals surface area contributed by atoms with Crippen LogP contribution in [0.4, 0.5) is 0 Å². The molecule has 27 heavy (non-hydrogen) atoms. The fourth-order valence-corrected chi connectivity index (χ4v) is 4.49. The van der Waals surface area contributed by atoms with E-state index in [2.05, 4.69) is 15.2 Å². The van der Waals surface area contributed by atoms with Crippen LogP contribution in [0, 0.1) is 5.92 Å². The van der Waals surface area contributed by atoms with Crippen molar-refractivity contribution in [2.75, 3.05) is 45.6 Å². The minimum absolute atomic E-state index is 0.117. The minimum Gasteiger partial charge on any atom is -0.381 e. The third kappa shape index (κ3) is 7.50. The molecule has 0 unspecified atom stereocenters. The summed E-state index contributed by atoms with van der Waals surface area (Å²) in [6, 6.07) is 8.62. The van der Waals surface area contributed by atoms with Crippen molar-refractivity contribution in [1.29, 1.82) is 0 Å². The van der Waals surface area contributed by atoms with Gasteiger partial charge in [0.1, 0.15) is 0 Å². The summed E-state index contributed by atoms with van der Waals surface area (Å²) in [7, 11) is -1.19. The number of hydrogen-bond donors (Lipinski definition) is 1. The molecule has 2 rings (SSSR count). The molecular formula is C20H33N3O3S. The largest absolute Gasteiger partial charge is 0.381 e. The molecule has 0 bridgehead atoms. The molecule has 1 fully saturated rings. The summed E-state index contributed by atoms with van der Waals surface area (Å²) in [4.78, 5) is 7.14. The van der Waals surface area contributed by atoms with Gasteiger partial charge in [0.2, 0.25) is 0 Å². The summed E-state index contributed by atoms with van der Waals surface area (Å²) in [5.41, 5.74) is 0. The Morgan fingerprint density at radius 2 is 1.96 bits per heavy atom. The zero-order valence-corrected chi connectivity index (χ0v) is 17.4. The highest BCUT2D eigenvalue weighted by Crippen LogP contribution is 2.18. The Morgan fingerprint density at radius 3 is 2.63 bits per heavy atom. The van der Waals surface area contributed by atoms with Crippen LogP contribution in [0.2, 0.25) is 0 Å². The van der Waals surface area contributed by atoms with Gasteiger partial charge in [-0.3, -0.25) is 4.99 Å². The molecule has 0 amide bonds. The Morgan fingerprint density at radius 1 is 1.26 bits per heavy atom. The molecule has 1 saturated heterocycles. The monoisotopic (exact) mass is 395 g/mol. The van der Waals surface area contributed by atoms with Crippen LogP contribution in [0.25, 0.3) is 0 Å². The van der Waals surface area contributed by atoms with Crippen LogP contribution in [0.5, 0.6) is 0 Å². The average Bonchev–Trinajstić information content (AvgIpc) is 2.70. The first-order valence-corrected chi connectivity index (χ1v) is 11.5. The summed E-state index contributed by atoms with van der Waals surface area (Å²) in [6.45, 7) is 6.02. The van der Waals surface area contributed by atoms with Crippen LogP contribution in [0.1, 0.15) is 32.6 Å². The van der Waals surface area contributed by atoms with Crippen molar-refractivity contribution in [1.82, 2.24) is 10.2 Å². The predicted octanol–water partition coefficient (Wildman–Crippen LogP) is 2.56. The summed E-state index contributed by atoms with van der Waals surface area (Å²) in [5, 5.41) is 3.30. The average molecular weight is 396 g/mol. The normalized spacial score (nSPS) is 16.3. The fraction of sp³-hybridized carbons (Fsp3) is 0.650. The molecule has 0 aliphatic carbocycles. The van der Waals surface area contributed by atoms with Gasteiger partial charge in [-0.05, 0) is 50.7 Å². The molecule has 7 heteroatoms. The van der Waals surface area contributed by atoms with E-state index in [0.717, 1.165) is 57.4 Å². The number of guanidine groups is 1. The highest BCUT2D eigenvalue weighted by Gasteiger charge is 2.16. The SMILES string of the molecule is CCNC(=NCCCS(=O)(=O)c1ccccc1)N(C)CCC1CCOCC1. The Hall–Kier alpha value is -1.60. The lowest BCUT2D eigenvalue weighted by Crippen LogP contribution is -2.40. The number of aliphatic imine (C=N–C) groups is 1. The topological polar surface area (TPSA) is 71.0 Å². The van der Waals surface area contributed by atoms with Crippen molar-refractivity contribution in [2.24, 2.45) is 10.9 Å². The van der Waals surface area contributed by atoms with Crippen LogP contribution < -0.4 is 5.32 Å². The summed E-state index contributed by atoms with van der Waals surface area (Å²) < 4.78 is 30.1. The summed E-state index contributed by atoms with van der Waals surface area (Å²) in [6.07, 6.45) is 3.92. The van der Waals surface area contributed by atoms with Gasteiger partial charge in [-0.2, -0.15) is 0 Å². The van der Waals surface area contributed by atoms with E-state index in [1.165, 1.54) is 0 Å². The molecule has 6 nitrogen and oxygen atoms in total. The predicted molar refractivity (Wildman–Crippen MR) is 110 cm³/mol. The standard InChI is InChI=1S/C20H33N3O3S/c1-3-21-20(23(2)14-10-18-11-15-26-16-12-18)22-13-7-17-27(24,25)19-8-5-4-6-9-19/h4-6,8-9,18H,3,7,10-17H2,1-2H3,(H,21,22). The van der Waals surface area contributed by atoms with Gasteiger partial charge in [-0.25, -0.2) is 8.42 Å². The van der Waals surface area contributed by atoms with E-state index in [1.807, 2.05) is 20.0 Å². The smallest absolute Gasteiger partial charge is 0.193 e. The van der Waals surface area contributed by atoms with Crippen molar-refractivity contribution in [2.45, 2.75) is 37.5 Å². The Bertz CT molecular complexity index is 671. The van der Waals surface area contributed by atoms with Gasteiger partial charge in [-0.15, -0.1) is 0 Å². The van der Waals surface area contributed by atoms with E-state index < -0.39 is 9.84 Å². The van der Waals surface area contributed by atoms with Gasteiger partial charge in [0.25, 0.3) is 0 Å². The quantitative estimate of drug-likeness (QED) is 0.395. The molecule has 0 radical (unpaired) electrons. The second kappa shape index (κ2) is 11.3. The van der Waals surface area contributed by atoms with E-state index in [0.29, 0.717) is 17.9 Å². The van der Waals surface area contributed by atoms with Crippen LogP contribution in [-0.4, -0.2) is 64.9 Å². The number of rotatable bonds is 9. The number of hydrogen-bond acceptors (Lipinski definition) is 4. The van der Waals surface area contributed by atoms with Crippen LogP contribution in [0.3, 0.4) is 0 Å². The van der Waals surface area contributed by atoms with Crippen LogP contribution in [-0.2, 0) is 14.6 Å². The molecule has 0 aromatic heterocycles. The highest BCUT2D eigenvalue weighted by atomic mass is 32.2. The molecule has 0 spiro atoms. The maximum atomic E-state index is 12.3. The summed E-state index contributed by atoms with van der Waals surface area (Å²) >= 11 is 0. The van der Waals surface area contributed by atoms with E-state index in [1.54, 1.807) is 24.3 Å². The van der Waals surface area contributed by atoms with Crippen molar-refractivity contribution < 1.29 is 13.2 Å². The zero-order chi connectivity index (χ0) is 19.5. The molecule has 1 aromatic carbocycles. The maximum absolute atomic E-state index is 12.3. The molecule has 1 N–H and O–H groups in total. The van der Waals surface area contributed by atoms with E-state index in [4.69, 9.17) is 4.74 Å². The second-order valence-electron chi connectivity index (χ2n) is 6.99. The number of nitrogens with zero attached hydrogens (tertiary/aromatic N) is 2. The van der Waals surface area contributed by atoms with E-state index in [9.17, 15) is 8.42 Å². The minimum atomic E-state index is -3.23. The Labute approximate surface area is 163 Å². The van der Waals surface area contributed by atoms with E-state index in [-0.39, 0.29) is 5.75 Å². The van der Waals surface area contributed by atoms with Crippen LogP contribution >= 0.6 is 0 Å². The molecule has 152 valence electrons. The van der Waals surface area contributed by atoms with Gasteiger partial charge in [0, 0.05) is 39.9 Å². The van der Waals surface area contributed by atoms with Gasteiger partial charge in [0.05, 0.1) is 10.6 Å². The first-order chi connectivity index (χ1) is 13.0. The lowest BCUT2D eigenvalue weighted by Gasteiger charge is -2.26. The number of sulfone groups is 1. The molecule has 0 saturated carbocycles. The maximum Gasteiger partial charge on any atom is 0.193 e. The zero-order valence-electron chi connectivity index (χ0n) is 16.6. The summed E-state index contributed by atoms with van der Waals surface area (Å²) in [5.74, 6) is 1.69. The van der Waals surface area contributed by atoms with Gasteiger partial charge < -0.3 is 15.0 Å².